The summed E-state index contributed by atoms with van der Waals surface area (Å²) in [4.78, 5) is 11.5. The first-order valence-corrected chi connectivity index (χ1v) is 5.92. The number of rotatable bonds is 3. The highest BCUT2D eigenvalue weighted by Crippen LogP contribution is 2.26. The fourth-order valence-corrected chi connectivity index (χ4v) is 1.77. The Labute approximate surface area is 112 Å². The molecule has 2 aromatic rings. The van der Waals surface area contributed by atoms with Crippen LogP contribution in [0.15, 0.2) is 42.5 Å². The number of hydrogen-bond acceptors (Lipinski definition) is 4. The maximum Gasteiger partial charge on any atom is 0.337 e. The van der Waals surface area contributed by atoms with Crippen LogP contribution in [0, 0.1) is 6.92 Å². The molecule has 0 atom stereocenters. The number of esters is 1. The van der Waals surface area contributed by atoms with Gasteiger partial charge in [0.15, 0.2) is 0 Å². The van der Waals surface area contributed by atoms with Crippen molar-refractivity contribution in [3.63, 3.8) is 0 Å². The van der Waals surface area contributed by atoms with Crippen LogP contribution in [-0.4, -0.2) is 13.1 Å². The van der Waals surface area contributed by atoms with Gasteiger partial charge in [-0.25, -0.2) is 4.79 Å². The Morgan fingerprint density at radius 3 is 2.58 bits per heavy atom. The van der Waals surface area contributed by atoms with E-state index in [0.717, 1.165) is 11.3 Å². The van der Waals surface area contributed by atoms with Gasteiger partial charge in [0.2, 0.25) is 0 Å². The van der Waals surface area contributed by atoms with Gasteiger partial charge < -0.3 is 15.8 Å². The zero-order valence-corrected chi connectivity index (χ0v) is 10.9. The van der Waals surface area contributed by atoms with Crippen molar-refractivity contribution in [2.75, 3.05) is 18.2 Å². The van der Waals surface area contributed by atoms with Crippen molar-refractivity contribution >= 4 is 23.0 Å². The minimum absolute atomic E-state index is 0.382. The molecule has 19 heavy (non-hydrogen) atoms. The highest BCUT2D eigenvalue weighted by atomic mass is 16.5. The van der Waals surface area contributed by atoms with E-state index in [1.165, 1.54) is 7.11 Å². The van der Waals surface area contributed by atoms with E-state index in [1.54, 1.807) is 18.2 Å². The Morgan fingerprint density at radius 1 is 1.16 bits per heavy atom. The molecule has 0 spiro atoms. The molecule has 98 valence electrons. The molecule has 0 amide bonds. The molecule has 4 nitrogen and oxygen atoms in total. The Bertz CT molecular complexity index is 609. The predicted molar refractivity (Wildman–Crippen MR) is 76.7 cm³/mol. The van der Waals surface area contributed by atoms with Crippen LogP contribution in [0.5, 0.6) is 0 Å². The molecular formula is C15H16N2O2. The Kier molecular flexibility index (Phi) is 3.71. The van der Waals surface area contributed by atoms with E-state index in [4.69, 9.17) is 10.5 Å². The summed E-state index contributed by atoms with van der Waals surface area (Å²) in [6.07, 6.45) is 0. The Balaban J connectivity index is 2.34. The smallest absolute Gasteiger partial charge is 0.337 e. The van der Waals surface area contributed by atoms with E-state index in [0.29, 0.717) is 16.9 Å². The van der Waals surface area contributed by atoms with E-state index in [2.05, 4.69) is 5.32 Å². The van der Waals surface area contributed by atoms with Crippen LogP contribution in [0.25, 0.3) is 0 Å². The number of carbonyl (C=O) groups excluding carboxylic acids is 1. The van der Waals surface area contributed by atoms with Gasteiger partial charge in [0.25, 0.3) is 0 Å². The van der Waals surface area contributed by atoms with Crippen LogP contribution in [-0.2, 0) is 4.74 Å². The number of benzene rings is 2. The van der Waals surface area contributed by atoms with Gasteiger partial charge in [0.05, 0.1) is 24.0 Å². The lowest BCUT2D eigenvalue weighted by molar-refractivity contribution is 0.0601. The minimum atomic E-state index is -0.382. The number of nitrogens with two attached hydrogens (primary N) is 1. The summed E-state index contributed by atoms with van der Waals surface area (Å²) in [6.45, 7) is 2.00. The van der Waals surface area contributed by atoms with Crippen LogP contribution in [0.2, 0.25) is 0 Å². The lowest BCUT2D eigenvalue weighted by atomic mass is 10.1. The van der Waals surface area contributed by atoms with Crippen LogP contribution in [0.4, 0.5) is 17.1 Å². The fourth-order valence-electron chi connectivity index (χ4n) is 1.77. The summed E-state index contributed by atoms with van der Waals surface area (Å²) in [5, 5.41) is 3.23. The molecule has 4 heteroatoms. The number of methoxy groups -OCH3 is 1. The normalized spacial score (nSPS) is 10.0. The second kappa shape index (κ2) is 5.44. The molecule has 2 rings (SSSR count). The molecule has 0 aromatic heterocycles. The van der Waals surface area contributed by atoms with Crippen LogP contribution >= 0.6 is 0 Å². The zero-order valence-electron chi connectivity index (χ0n) is 10.9. The molecule has 0 radical (unpaired) electrons. The maximum atomic E-state index is 11.5. The lowest BCUT2D eigenvalue weighted by Gasteiger charge is -2.12. The number of para-hydroxylation sites is 1. The van der Waals surface area contributed by atoms with E-state index < -0.39 is 0 Å². The third kappa shape index (κ3) is 2.85. The van der Waals surface area contributed by atoms with Crippen molar-refractivity contribution in [2.45, 2.75) is 6.92 Å². The lowest BCUT2D eigenvalue weighted by Crippen LogP contribution is -2.04. The summed E-state index contributed by atoms with van der Waals surface area (Å²) in [5.41, 5.74) is 9.71. The van der Waals surface area contributed by atoms with E-state index in [-0.39, 0.29) is 5.97 Å². The van der Waals surface area contributed by atoms with Crippen molar-refractivity contribution in [1.82, 2.24) is 0 Å². The van der Waals surface area contributed by atoms with Gasteiger partial charge in [0.1, 0.15) is 0 Å². The molecule has 3 N–H and O–H groups in total. The third-order valence-corrected chi connectivity index (χ3v) is 2.89. The quantitative estimate of drug-likeness (QED) is 0.654. The van der Waals surface area contributed by atoms with Crippen LogP contribution < -0.4 is 11.1 Å². The molecule has 0 bridgehead atoms. The van der Waals surface area contributed by atoms with Gasteiger partial charge in [0, 0.05) is 5.69 Å². The first-order chi connectivity index (χ1) is 9.11. The minimum Gasteiger partial charge on any atom is -0.465 e. The van der Waals surface area contributed by atoms with Crippen LogP contribution in [0.1, 0.15) is 15.9 Å². The van der Waals surface area contributed by atoms with Gasteiger partial charge in [-0.2, -0.15) is 0 Å². The average Bonchev–Trinajstić information content (AvgIpc) is 2.42. The first-order valence-electron chi connectivity index (χ1n) is 5.92. The number of aryl methyl sites for hydroxylation is 1. The molecule has 2 aromatic carbocycles. The van der Waals surface area contributed by atoms with E-state index >= 15 is 0 Å². The standard InChI is InChI=1S/C15H16N2O2/c1-10-5-3-4-6-13(10)17-14-9-11(15(18)19-2)7-8-12(14)16/h3-9,17H,16H2,1-2H3. The molecule has 0 unspecified atom stereocenters. The summed E-state index contributed by atoms with van der Waals surface area (Å²) in [5.74, 6) is -0.382. The second-order valence-corrected chi connectivity index (χ2v) is 4.23. The van der Waals surface area contributed by atoms with Crippen LogP contribution in [0.3, 0.4) is 0 Å². The number of anilines is 3. The largest absolute Gasteiger partial charge is 0.465 e. The van der Waals surface area contributed by atoms with Gasteiger partial charge in [-0.3, -0.25) is 0 Å². The van der Waals surface area contributed by atoms with Gasteiger partial charge >= 0.3 is 5.97 Å². The molecule has 0 saturated carbocycles. The SMILES string of the molecule is COC(=O)c1ccc(N)c(Nc2ccccc2C)c1. The van der Waals surface area contributed by atoms with E-state index in [1.807, 2.05) is 31.2 Å². The Morgan fingerprint density at radius 2 is 1.89 bits per heavy atom. The number of hydrogen-bond donors (Lipinski definition) is 2. The molecule has 0 aliphatic rings. The topological polar surface area (TPSA) is 64.3 Å². The molecule has 0 saturated heterocycles. The number of nitrogens with one attached hydrogen (secondary N) is 1. The third-order valence-electron chi connectivity index (χ3n) is 2.89. The van der Waals surface area contributed by atoms with E-state index in [9.17, 15) is 4.79 Å². The van der Waals surface area contributed by atoms with Gasteiger partial charge in [-0.05, 0) is 36.8 Å². The number of carbonyl (C=O) groups is 1. The Hall–Kier alpha value is -2.49. The first kappa shape index (κ1) is 13.0. The monoisotopic (exact) mass is 256 g/mol. The van der Waals surface area contributed by atoms with Crippen molar-refractivity contribution < 1.29 is 9.53 Å². The summed E-state index contributed by atoms with van der Waals surface area (Å²) >= 11 is 0. The molecule has 0 aliphatic heterocycles. The summed E-state index contributed by atoms with van der Waals surface area (Å²) < 4.78 is 4.70. The van der Waals surface area contributed by atoms with Gasteiger partial charge in [-0.1, -0.05) is 18.2 Å². The zero-order chi connectivity index (χ0) is 13.8. The number of ether oxygens (including phenoxy) is 1. The highest BCUT2D eigenvalue weighted by Gasteiger charge is 2.09. The molecular weight excluding hydrogens is 240 g/mol. The number of nitrogen functional groups attached to an aromatic ring is 1. The molecule has 0 fully saturated rings. The van der Waals surface area contributed by atoms with Crippen molar-refractivity contribution in [3.05, 3.63) is 53.6 Å². The van der Waals surface area contributed by atoms with Crippen molar-refractivity contribution in [2.24, 2.45) is 0 Å². The highest BCUT2D eigenvalue weighted by molar-refractivity contribution is 5.92. The maximum absolute atomic E-state index is 11.5. The van der Waals surface area contributed by atoms with Gasteiger partial charge in [-0.15, -0.1) is 0 Å². The second-order valence-electron chi connectivity index (χ2n) is 4.23. The average molecular weight is 256 g/mol. The summed E-state index contributed by atoms with van der Waals surface area (Å²) in [7, 11) is 1.35. The fraction of sp³-hybridized carbons (Fsp3) is 0.133. The van der Waals surface area contributed by atoms with Crippen molar-refractivity contribution in [3.8, 4) is 0 Å². The molecule has 0 heterocycles. The summed E-state index contributed by atoms with van der Waals surface area (Å²) in [6, 6.07) is 12.9. The molecule has 0 aliphatic carbocycles. The predicted octanol–water partition coefficient (Wildman–Crippen LogP) is 3.11. The van der Waals surface area contributed by atoms with Crippen molar-refractivity contribution in [1.29, 1.82) is 0 Å².